The van der Waals surface area contributed by atoms with Crippen molar-refractivity contribution in [3.63, 3.8) is 0 Å². The molecule has 2 aromatic carbocycles. The fourth-order valence-electron chi connectivity index (χ4n) is 5.02. The smallest absolute Gasteiger partial charge is 0.337 e. The molecule has 148 valence electrons. The van der Waals surface area contributed by atoms with Crippen molar-refractivity contribution in [1.29, 1.82) is 0 Å². The number of carbonyl (C=O) groups excluding carboxylic acids is 1. The van der Waals surface area contributed by atoms with E-state index in [1.165, 1.54) is 24.0 Å². The lowest BCUT2D eigenvalue weighted by atomic mass is 9.77. The summed E-state index contributed by atoms with van der Waals surface area (Å²) in [5.41, 5.74) is 7.49. The first-order chi connectivity index (χ1) is 14.2. The highest BCUT2D eigenvalue weighted by molar-refractivity contribution is 5.97. The lowest BCUT2D eigenvalue weighted by Crippen LogP contribution is -2.22. The first-order valence-electron chi connectivity index (χ1n) is 10.0. The number of methoxy groups -OCH3 is 1. The number of fused-ring (bicyclic) bond motifs is 4. The van der Waals surface area contributed by atoms with Gasteiger partial charge in [0.05, 0.1) is 18.4 Å². The monoisotopic (exact) mass is 391 g/mol. The van der Waals surface area contributed by atoms with Crippen LogP contribution in [0.5, 0.6) is 17.2 Å². The number of benzene rings is 2. The highest BCUT2D eigenvalue weighted by Gasteiger charge is 2.40. The molecule has 1 unspecified atom stereocenters. The normalized spacial score (nSPS) is 21.1. The van der Waals surface area contributed by atoms with Gasteiger partial charge in [-0.2, -0.15) is 0 Å². The zero-order valence-corrected chi connectivity index (χ0v) is 16.2. The average molecular weight is 391 g/mol. The van der Waals surface area contributed by atoms with Crippen LogP contribution in [0, 0.1) is 0 Å². The Morgan fingerprint density at radius 3 is 2.90 bits per heavy atom. The van der Waals surface area contributed by atoms with E-state index in [0.717, 1.165) is 35.4 Å². The predicted molar refractivity (Wildman–Crippen MR) is 106 cm³/mol. The topological polar surface area (TPSA) is 66.0 Å². The summed E-state index contributed by atoms with van der Waals surface area (Å²) in [4.78, 5) is 12.7. The molecule has 2 aromatic rings. The summed E-state index contributed by atoms with van der Waals surface area (Å²) in [5, 5.41) is 3.54. The minimum absolute atomic E-state index is 0.168. The first kappa shape index (κ1) is 16.8. The Morgan fingerprint density at radius 1 is 1.10 bits per heavy atom. The third-order valence-corrected chi connectivity index (χ3v) is 6.35. The number of aryl methyl sites for hydroxylation is 1. The van der Waals surface area contributed by atoms with Crippen LogP contribution >= 0.6 is 0 Å². The fraction of sp³-hybridized carbons (Fsp3) is 0.348. The molecule has 1 atom stereocenters. The predicted octanol–water partition coefficient (Wildman–Crippen LogP) is 3.67. The van der Waals surface area contributed by atoms with Gasteiger partial charge in [0, 0.05) is 11.6 Å². The number of cyclic esters (lactones) is 1. The van der Waals surface area contributed by atoms with Crippen molar-refractivity contribution < 1.29 is 23.7 Å². The zero-order valence-electron chi connectivity index (χ0n) is 16.2. The van der Waals surface area contributed by atoms with Gasteiger partial charge in [-0.1, -0.05) is 12.1 Å². The molecule has 29 heavy (non-hydrogen) atoms. The molecule has 4 aliphatic rings. The van der Waals surface area contributed by atoms with E-state index in [2.05, 4.69) is 17.4 Å². The molecule has 3 heterocycles. The van der Waals surface area contributed by atoms with Crippen LogP contribution < -0.4 is 19.5 Å². The molecule has 6 nitrogen and oxygen atoms in total. The van der Waals surface area contributed by atoms with Crippen LogP contribution in [-0.2, 0) is 22.4 Å². The molecule has 0 saturated carbocycles. The van der Waals surface area contributed by atoms with Crippen LogP contribution in [0.1, 0.15) is 41.0 Å². The van der Waals surface area contributed by atoms with E-state index in [1.807, 2.05) is 12.1 Å². The van der Waals surface area contributed by atoms with Crippen molar-refractivity contribution in [2.24, 2.45) is 0 Å². The Labute approximate surface area is 168 Å². The lowest BCUT2D eigenvalue weighted by Gasteiger charge is -2.31. The first-order valence-corrected chi connectivity index (χ1v) is 10.0. The highest BCUT2D eigenvalue weighted by atomic mass is 16.7. The number of hydrogen-bond acceptors (Lipinski definition) is 6. The van der Waals surface area contributed by atoms with Gasteiger partial charge in [0.15, 0.2) is 11.5 Å². The van der Waals surface area contributed by atoms with Crippen LogP contribution in [-0.4, -0.2) is 26.5 Å². The van der Waals surface area contributed by atoms with Crippen LogP contribution in [0.2, 0.25) is 0 Å². The summed E-state index contributed by atoms with van der Waals surface area (Å²) >= 11 is 0. The Hall–Kier alpha value is -3.15. The van der Waals surface area contributed by atoms with Crippen LogP contribution in [0.15, 0.2) is 35.5 Å². The Balaban J connectivity index is 1.58. The molecule has 3 aliphatic heterocycles. The molecular weight excluding hydrogens is 370 g/mol. The second-order valence-corrected chi connectivity index (χ2v) is 7.86. The zero-order chi connectivity index (χ0) is 19.5. The van der Waals surface area contributed by atoms with Crippen LogP contribution in [0.25, 0.3) is 0 Å². The molecule has 6 heteroatoms. The molecule has 0 spiro atoms. The van der Waals surface area contributed by atoms with E-state index in [-0.39, 0.29) is 25.3 Å². The standard InChI is InChI=1S/C23H21NO5/c1-26-17-8-13(9-18-22(17)29-11-28-18)19-15-7-6-12-4-2-3-5-14(12)21(15)24-16-10-27-23(25)20(16)19/h6-9,19,24H,2-5,10-11H2,1H3. The van der Waals surface area contributed by atoms with Crippen LogP contribution in [0.3, 0.4) is 0 Å². The van der Waals surface area contributed by atoms with Crippen LogP contribution in [0.4, 0.5) is 5.69 Å². The van der Waals surface area contributed by atoms with E-state index < -0.39 is 0 Å². The Morgan fingerprint density at radius 2 is 2.00 bits per heavy atom. The third-order valence-electron chi connectivity index (χ3n) is 6.35. The summed E-state index contributed by atoms with van der Waals surface area (Å²) in [6, 6.07) is 8.28. The summed E-state index contributed by atoms with van der Waals surface area (Å²) in [6.07, 6.45) is 4.58. The number of esters is 1. The van der Waals surface area contributed by atoms with Crippen molar-refractivity contribution in [2.45, 2.75) is 31.6 Å². The van der Waals surface area contributed by atoms with Gasteiger partial charge in [0.2, 0.25) is 12.5 Å². The number of rotatable bonds is 2. The maximum Gasteiger partial charge on any atom is 0.337 e. The van der Waals surface area contributed by atoms with Gasteiger partial charge in [-0.05, 0) is 60.1 Å². The molecule has 0 amide bonds. The molecule has 0 bridgehead atoms. The van der Waals surface area contributed by atoms with Gasteiger partial charge in [-0.25, -0.2) is 4.79 Å². The molecule has 6 rings (SSSR count). The van der Waals surface area contributed by atoms with Gasteiger partial charge >= 0.3 is 5.97 Å². The minimum Gasteiger partial charge on any atom is -0.493 e. The van der Waals surface area contributed by atoms with E-state index in [9.17, 15) is 4.79 Å². The largest absolute Gasteiger partial charge is 0.493 e. The Bertz CT molecular complexity index is 1090. The second kappa shape index (κ2) is 6.17. The summed E-state index contributed by atoms with van der Waals surface area (Å²) in [5.74, 6) is 1.37. The van der Waals surface area contributed by atoms with E-state index in [1.54, 1.807) is 7.11 Å². The third kappa shape index (κ3) is 2.38. The molecule has 1 aliphatic carbocycles. The molecule has 0 fully saturated rings. The van der Waals surface area contributed by atoms with Crippen molar-refractivity contribution in [1.82, 2.24) is 0 Å². The van der Waals surface area contributed by atoms with Gasteiger partial charge in [-0.3, -0.25) is 0 Å². The quantitative estimate of drug-likeness (QED) is 0.788. The SMILES string of the molecule is COc1cc(C2C3=C(COC3=O)Nc3c2ccc2c3CCCC2)cc2c1OCO2. The molecule has 0 saturated heterocycles. The molecular formula is C23H21NO5. The average Bonchev–Trinajstić information content (AvgIpc) is 3.38. The van der Waals surface area contributed by atoms with Crippen molar-refractivity contribution in [3.8, 4) is 17.2 Å². The molecule has 0 radical (unpaired) electrons. The summed E-state index contributed by atoms with van der Waals surface area (Å²) in [6.45, 7) is 0.455. The maximum atomic E-state index is 12.7. The number of hydrogen-bond donors (Lipinski definition) is 1. The summed E-state index contributed by atoms with van der Waals surface area (Å²) < 4.78 is 22.2. The summed E-state index contributed by atoms with van der Waals surface area (Å²) in [7, 11) is 1.61. The molecule has 1 N–H and O–H groups in total. The second-order valence-electron chi connectivity index (χ2n) is 7.86. The van der Waals surface area contributed by atoms with Gasteiger partial charge < -0.3 is 24.3 Å². The lowest BCUT2D eigenvalue weighted by molar-refractivity contribution is -0.136. The maximum absolute atomic E-state index is 12.7. The minimum atomic E-state index is -0.266. The number of anilines is 1. The highest BCUT2D eigenvalue weighted by Crippen LogP contribution is 2.50. The van der Waals surface area contributed by atoms with Crippen molar-refractivity contribution in [3.05, 3.63) is 57.8 Å². The van der Waals surface area contributed by atoms with Crippen molar-refractivity contribution in [2.75, 3.05) is 25.8 Å². The van der Waals surface area contributed by atoms with Crippen molar-refractivity contribution >= 4 is 11.7 Å². The molecule has 0 aromatic heterocycles. The number of carbonyl (C=O) groups is 1. The van der Waals surface area contributed by atoms with E-state index in [4.69, 9.17) is 18.9 Å². The fourth-order valence-corrected chi connectivity index (χ4v) is 5.02. The van der Waals surface area contributed by atoms with E-state index in [0.29, 0.717) is 22.8 Å². The van der Waals surface area contributed by atoms with Gasteiger partial charge in [-0.15, -0.1) is 0 Å². The van der Waals surface area contributed by atoms with Gasteiger partial charge in [0.25, 0.3) is 0 Å². The number of nitrogens with one attached hydrogen (secondary N) is 1. The Kier molecular flexibility index (Phi) is 3.57. The van der Waals surface area contributed by atoms with E-state index >= 15 is 0 Å². The number of ether oxygens (including phenoxy) is 4. The van der Waals surface area contributed by atoms with Gasteiger partial charge in [0.1, 0.15) is 6.61 Å².